The van der Waals surface area contributed by atoms with E-state index < -0.39 is 0 Å². The molecule has 1 amide bonds. The molecule has 0 atom stereocenters. The number of anilines is 1. The smallest absolute Gasteiger partial charge is 0.224 e. The van der Waals surface area contributed by atoms with Gasteiger partial charge in [-0.05, 0) is 37.0 Å². The van der Waals surface area contributed by atoms with Crippen LogP contribution in [0.4, 0.5) is 5.69 Å². The molecule has 1 aromatic heterocycles. The van der Waals surface area contributed by atoms with Gasteiger partial charge in [0.1, 0.15) is 0 Å². The summed E-state index contributed by atoms with van der Waals surface area (Å²) < 4.78 is 5.30. The Morgan fingerprint density at radius 3 is 2.46 bits per heavy atom. The van der Waals surface area contributed by atoms with Crippen LogP contribution in [-0.2, 0) is 11.2 Å². The molecule has 0 saturated heterocycles. The highest BCUT2D eigenvalue weighted by Gasteiger charge is 2.09. The fourth-order valence-corrected chi connectivity index (χ4v) is 3.34. The average Bonchev–Trinajstić information content (AvgIpc) is 2.71. The van der Waals surface area contributed by atoms with Crippen molar-refractivity contribution >= 4 is 22.6 Å². The van der Waals surface area contributed by atoms with Gasteiger partial charge in [-0.25, -0.2) is 0 Å². The van der Waals surface area contributed by atoms with E-state index in [9.17, 15) is 9.59 Å². The van der Waals surface area contributed by atoms with E-state index in [1.165, 1.54) is 30.9 Å². The van der Waals surface area contributed by atoms with E-state index in [1.54, 1.807) is 18.2 Å². The molecule has 1 heterocycles. The monoisotopic (exact) mass is 376 g/mol. The lowest BCUT2D eigenvalue weighted by Gasteiger charge is -2.07. The third-order valence-corrected chi connectivity index (χ3v) is 4.87. The first kappa shape index (κ1) is 19.9. The summed E-state index contributed by atoms with van der Waals surface area (Å²) in [6.45, 7) is 0. The molecule has 145 valence electrons. The molecule has 0 unspecified atom stereocenters. The Morgan fingerprint density at radius 1 is 0.893 bits per heavy atom. The predicted octanol–water partition coefficient (Wildman–Crippen LogP) is 5.51. The Labute approximate surface area is 165 Å². The normalized spacial score (nSPS) is 10.9. The molecule has 0 saturated carbocycles. The molecular formula is C24H26NO3. The molecule has 0 aliphatic heterocycles. The van der Waals surface area contributed by atoms with Crippen molar-refractivity contribution < 1.29 is 9.21 Å². The topological polar surface area (TPSA) is 59.3 Å². The van der Waals surface area contributed by atoms with Crippen LogP contribution in [0.3, 0.4) is 0 Å². The zero-order valence-electron chi connectivity index (χ0n) is 16.1. The molecular weight excluding hydrogens is 350 g/mol. The summed E-state index contributed by atoms with van der Waals surface area (Å²) in [6, 6.07) is 17.0. The number of nitrogens with one attached hydrogen (secondary N) is 1. The maximum Gasteiger partial charge on any atom is 0.224 e. The van der Waals surface area contributed by atoms with Crippen molar-refractivity contribution in [3.8, 4) is 0 Å². The first-order chi connectivity index (χ1) is 13.7. The van der Waals surface area contributed by atoms with Crippen LogP contribution in [0.1, 0.15) is 50.5 Å². The molecule has 2 aromatic carbocycles. The van der Waals surface area contributed by atoms with Gasteiger partial charge >= 0.3 is 0 Å². The van der Waals surface area contributed by atoms with Crippen LogP contribution in [0.5, 0.6) is 0 Å². The zero-order valence-corrected chi connectivity index (χ0v) is 16.1. The van der Waals surface area contributed by atoms with Gasteiger partial charge in [0, 0.05) is 12.5 Å². The molecule has 1 N–H and O–H groups in total. The Hall–Kier alpha value is -2.88. The van der Waals surface area contributed by atoms with Crippen molar-refractivity contribution in [1.82, 2.24) is 0 Å². The minimum Gasteiger partial charge on any atom is -0.450 e. The summed E-state index contributed by atoms with van der Waals surface area (Å²) in [7, 11) is 0. The van der Waals surface area contributed by atoms with Crippen LogP contribution in [-0.4, -0.2) is 5.91 Å². The summed E-state index contributed by atoms with van der Waals surface area (Å²) in [5.74, 6) is -0.0527. The van der Waals surface area contributed by atoms with Gasteiger partial charge in [0.25, 0.3) is 0 Å². The predicted molar refractivity (Wildman–Crippen MR) is 112 cm³/mol. The second-order valence-electron chi connectivity index (χ2n) is 7.07. The molecule has 3 rings (SSSR count). The summed E-state index contributed by atoms with van der Waals surface area (Å²) in [5.41, 5.74) is 2.14. The van der Waals surface area contributed by atoms with Crippen LogP contribution in [0.15, 0.2) is 63.8 Å². The highest BCUT2D eigenvalue weighted by molar-refractivity contribution is 5.99. The highest BCUT2D eigenvalue weighted by Crippen LogP contribution is 2.21. The molecule has 0 aliphatic rings. The molecule has 1 radical (unpaired) electrons. The second kappa shape index (κ2) is 10.5. The fourth-order valence-electron chi connectivity index (χ4n) is 3.34. The van der Waals surface area contributed by atoms with Crippen molar-refractivity contribution in [3.05, 3.63) is 76.6 Å². The lowest BCUT2D eigenvalue weighted by Crippen LogP contribution is -2.12. The molecule has 0 bridgehead atoms. The van der Waals surface area contributed by atoms with Crippen LogP contribution in [0.25, 0.3) is 11.0 Å². The fraction of sp³-hybridized carbons (Fsp3) is 0.333. The minimum atomic E-state index is -0.162. The third-order valence-electron chi connectivity index (χ3n) is 4.87. The first-order valence-corrected chi connectivity index (χ1v) is 10.0. The average molecular weight is 376 g/mol. The summed E-state index contributed by atoms with van der Waals surface area (Å²) >= 11 is 0. The Kier molecular flexibility index (Phi) is 7.42. The Bertz CT molecular complexity index is 947. The van der Waals surface area contributed by atoms with Gasteiger partial charge in [-0.2, -0.15) is 0 Å². The number of hydrogen-bond donors (Lipinski definition) is 1. The number of aryl methyl sites for hydroxylation is 1. The van der Waals surface area contributed by atoms with Crippen molar-refractivity contribution in [2.24, 2.45) is 0 Å². The second-order valence-corrected chi connectivity index (χ2v) is 7.07. The van der Waals surface area contributed by atoms with Gasteiger partial charge in [-0.1, -0.05) is 62.1 Å². The lowest BCUT2D eigenvalue weighted by atomic mass is 10.0. The summed E-state index contributed by atoms with van der Waals surface area (Å²) in [5, 5.41) is 3.30. The van der Waals surface area contributed by atoms with Gasteiger partial charge in [0.05, 0.1) is 11.1 Å². The van der Waals surface area contributed by atoms with E-state index in [0.717, 1.165) is 25.7 Å². The van der Waals surface area contributed by atoms with E-state index in [2.05, 4.69) is 35.8 Å². The zero-order chi connectivity index (χ0) is 19.6. The van der Waals surface area contributed by atoms with Crippen LogP contribution in [0, 0.1) is 6.26 Å². The first-order valence-electron chi connectivity index (χ1n) is 10.0. The molecule has 28 heavy (non-hydrogen) atoms. The maximum absolute atomic E-state index is 12.2. The van der Waals surface area contributed by atoms with E-state index in [1.807, 2.05) is 6.07 Å². The van der Waals surface area contributed by atoms with Gasteiger partial charge in [-0.3, -0.25) is 9.59 Å². The van der Waals surface area contributed by atoms with E-state index in [-0.39, 0.29) is 11.3 Å². The number of hydrogen-bond acceptors (Lipinski definition) is 3. The molecule has 3 aromatic rings. The Morgan fingerprint density at radius 2 is 1.64 bits per heavy atom. The minimum absolute atomic E-state index is 0.0527. The van der Waals surface area contributed by atoms with Crippen molar-refractivity contribution in [3.63, 3.8) is 0 Å². The van der Waals surface area contributed by atoms with E-state index in [0.29, 0.717) is 23.1 Å². The molecule has 4 nitrogen and oxygen atoms in total. The number of rotatable bonds is 10. The Balaban J connectivity index is 1.32. The van der Waals surface area contributed by atoms with E-state index in [4.69, 9.17) is 4.42 Å². The standard InChI is InChI=1S/C24H26NO3/c26-22-17-18-28-24-20(22)14-10-15-21(24)25-23(27)16-9-4-2-1-3-6-11-19-12-7-5-8-13-19/h5,7-8,10,12-15,17H,1-4,6,9,11,16H2,(H,25,27). The SMILES string of the molecule is O=C(CCCCCCCCc1ccccc1)Nc1cccc2c(=O)c[c]oc12. The summed E-state index contributed by atoms with van der Waals surface area (Å²) in [6.07, 6.45) is 10.8. The number of carbonyl (C=O) groups is 1. The quantitative estimate of drug-likeness (QED) is 0.475. The maximum atomic E-state index is 12.2. The summed E-state index contributed by atoms with van der Waals surface area (Å²) in [4.78, 5) is 24.0. The van der Waals surface area contributed by atoms with Gasteiger partial charge in [-0.15, -0.1) is 0 Å². The molecule has 0 aliphatic carbocycles. The molecule has 0 fully saturated rings. The number of fused-ring (bicyclic) bond motifs is 1. The molecule has 4 heteroatoms. The largest absolute Gasteiger partial charge is 0.450 e. The van der Waals surface area contributed by atoms with Crippen LogP contribution in [0.2, 0.25) is 0 Å². The van der Waals surface area contributed by atoms with Crippen molar-refractivity contribution in [1.29, 1.82) is 0 Å². The van der Waals surface area contributed by atoms with Crippen molar-refractivity contribution in [2.45, 2.75) is 51.4 Å². The van der Waals surface area contributed by atoms with Gasteiger partial charge in [0.2, 0.25) is 5.91 Å². The number of unbranched alkanes of at least 4 members (excludes halogenated alkanes) is 5. The van der Waals surface area contributed by atoms with Crippen LogP contribution >= 0.6 is 0 Å². The highest BCUT2D eigenvalue weighted by atomic mass is 16.3. The van der Waals surface area contributed by atoms with Crippen molar-refractivity contribution in [2.75, 3.05) is 5.32 Å². The lowest BCUT2D eigenvalue weighted by molar-refractivity contribution is -0.116. The van der Waals surface area contributed by atoms with Gasteiger partial charge < -0.3 is 9.73 Å². The number of amides is 1. The molecule has 0 spiro atoms. The van der Waals surface area contributed by atoms with E-state index >= 15 is 0 Å². The number of para-hydroxylation sites is 1. The number of carbonyl (C=O) groups excluding carboxylic acids is 1. The van der Waals surface area contributed by atoms with Gasteiger partial charge in [0.15, 0.2) is 17.3 Å². The number of benzene rings is 2. The van der Waals surface area contributed by atoms with Crippen LogP contribution < -0.4 is 10.7 Å². The third kappa shape index (κ3) is 5.81.